The molecule has 1 heterocycles. The van der Waals surface area contributed by atoms with Crippen molar-refractivity contribution in [3.63, 3.8) is 0 Å². The van der Waals surface area contributed by atoms with Crippen molar-refractivity contribution >= 4 is 16.9 Å². The second-order valence-electron chi connectivity index (χ2n) is 6.03. The number of aliphatic hydroxyl groups is 1. The molecule has 2 aromatic rings. The van der Waals surface area contributed by atoms with E-state index in [9.17, 15) is 9.90 Å². The Morgan fingerprint density at radius 2 is 2.05 bits per heavy atom. The van der Waals surface area contributed by atoms with Crippen LogP contribution in [0.4, 0.5) is 4.79 Å². The zero-order valence-electron chi connectivity index (χ0n) is 13.2. The van der Waals surface area contributed by atoms with Gasteiger partial charge in [0.1, 0.15) is 0 Å². The molecule has 0 spiro atoms. The van der Waals surface area contributed by atoms with Crippen molar-refractivity contribution in [2.45, 2.75) is 32.8 Å². The number of nitrogens with one attached hydrogen (secondary N) is 3. The standard InChI is InChI=1S/C17H25N3O2/c1-12(2)9-14(21)11-20-17(22)18-8-7-13-10-19-16-6-4-3-5-15(13)16/h3-6,10,12,14,19,21H,7-9,11H2,1-2H3,(H2,18,20,22). The van der Waals surface area contributed by atoms with Gasteiger partial charge in [0.25, 0.3) is 0 Å². The summed E-state index contributed by atoms with van der Waals surface area (Å²) < 4.78 is 0. The van der Waals surface area contributed by atoms with Crippen LogP contribution < -0.4 is 10.6 Å². The zero-order chi connectivity index (χ0) is 15.9. The number of hydrogen-bond donors (Lipinski definition) is 4. The molecule has 0 saturated carbocycles. The minimum atomic E-state index is -0.487. The van der Waals surface area contributed by atoms with E-state index >= 15 is 0 Å². The Morgan fingerprint density at radius 1 is 1.27 bits per heavy atom. The van der Waals surface area contributed by atoms with Crippen LogP contribution in [0.2, 0.25) is 0 Å². The zero-order valence-corrected chi connectivity index (χ0v) is 13.2. The van der Waals surface area contributed by atoms with Gasteiger partial charge in [0.05, 0.1) is 6.10 Å². The highest BCUT2D eigenvalue weighted by atomic mass is 16.3. The van der Waals surface area contributed by atoms with Crippen LogP contribution in [-0.4, -0.2) is 35.3 Å². The molecule has 1 atom stereocenters. The number of H-pyrrole nitrogens is 1. The van der Waals surface area contributed by atoms with Crippen molar-refractivity contribution in [3.8, 4) is 0 Å². The first-order chi connectivity index (χ1) is 10.6. The summed E-state index contributed by atoms with van der Waals surface area (Å²) in [6.07, 6.45) is 2.96. The maximum Gasteiger partial charge on any atom is 0.314 e. The molecular formula is C17H25N3O2. The fourth-order valence-corrected chi connectivity index (χ4v) is 2.55. The summed E-state index contributed by atoms with van der Waals surface area (Å²) in [5, 5.41) is 16.4. The first-order valence-corrected chi connectivity index (χ1v) is 7.81. The first kappa shape index (κ1) is 16.4. The van der Waals surface area contributed by atoms with Crippen molar-refractivity contribution in [2.75, 3.05) is 13.1 Å². The minimum absolute atomic E-state index is 0.234. The third kappa shape index (κ3) is 4.77. The highest BCUT2D eigenvalue weighted by Gasteiger charge is 2.09. The molecule has 4 N–H and O–H groups in total. The number of fused-ring (bicyclic) bond motifs is 1. The number of carbonyl (C=O) groups is 1. The van der Waals surface area contributed by atoms with Gasteiger partial charge in [0.2, 0.25) is 0 Å². The van der Waals surface area contributed by atoms with E-state index in [2.05, 4.69) is 21.7 Å². The Bertz CT molecular complexity index is 607. The van der Waals surface area contributed by atoms with Crippen LogP contribution >= 0.6 is 0 Å². The van der Waals surface area contributed by atoms with Crippen LogP contribution in [0.5, 0.6) is 0 Å². The number of aliphatic hydroxyl groups excluding tert-OH is 1. The van der Waals surface area contributed by atoms with Gasteiger partial charge in [-0.2, -0.15) is 0 Å². The number of aromatic amines is 1. The van der Waals surface area contributed by atoms with E-state index in [1.165, 1.54) is 10.9 Å². The predicted molar refractivity (Wildman–Crippen MR) is 88.9 cm³/mol. The summed E-state index contributed by atoms with van der Waals surface area (Å²) in [5.41, 5.74) is 2.30. The number of carbonyl (C=O) groups excluding carboxylic acids is 1. The van der Waals surface area contributed by atoms with Gasteiger partial charge in [-0.25, -0.2) is 4.79 Å². The number of urea groups is 1. The Hall–Kier alpha value is -2.01. The molecule has 5 nitrogen and oxygen atoms in total. The van der Waals surface area contributed by atoms with E-state index < -0.39 is 6.10 Å². The van der Waals surface area contributed by atoms with Gasteiger partial charge in [-0.3, -0.25) is 0 Å². The summed E-state index contributed by atoms with van der Waals surface area (Å²) in [4.78, 5) is 14.9. The van der Waals surface area contributed by atoms with Crippen molar-refractivity contribution in [1.29, 1.82) is 0 Å². The highest BCUT2D eigenvalue weighted by molar-refractivity contribution is 5.83. The largest absolute Gasteiger partial charge is 0.391 e. The predicted octanol–water partition coefficient (Wildman–Crippen LogP) is 2.42. The van der Waals surface area contributed by atoms with Crippen LogP contribution in [0.3, 0.4) is 0 Å². The van der Waals surface area contributed by atoms with Crippen LogP contribution in [0.25, 0.3) is 10.9 Å². The fraction of sp³-hybridized carbons (Fsp3) is 0.471. The molecule has 0 aliphatic carbocycles. The molecule has 0 radical (unpaired) electrons. The quantitative estimate of drug-likeness (QED) is 0.634. The van der Waals surface area contributed by atoms with Crippen molar-refractivity contribution < 1.29 is 9.90 Å². The molecule has 1 aromatic carbocycles. The third-order valence-electron chi connectivity index (χ3n) is 3.60. The molecule has 1 unspecified atom stereocenters. The van der Waals surface area contributed by atoms with Crippen LogP contribution in [0, 0.1) is 5.92 Å². The lowest BCUT2D eigenvalue weighted by Crippen LogP contribution is -2.40. The third-order valence-corrected chi connectivity index (χ3v) is 3.60. The smallest absolute Gasteiger partial charge is 0.314 e. The Morgan fingerprint density at radius 3 is 2.82 bits per heavy atom. The second-order valence-corrected chi connectivity index (χ2v) is 6.03. The molecule has 5 heteroatoms. The normalized spacial score (nSPS) is 12.5. The Labute approximate surface area is 131 Å². The topological polar surface area (TPSA) is 77.2 Å². The summed E-state index contributed by atoms with van der Waals surface area (Å²) in [7, 11) is 0. The summed E-state index contributed by atoms with van der Waals surface area (Å²) in [5.74, 6) is 0.418. The molecular weight excluding hydrogens is 278 g/mol. The molecule has 1 aromatic heterocycles. The number of hydrogen-bond acceptors (Lipinski definition) is 2. The first-order valence-electron chi connectivity index (χ1n) is 7.81. The van der Waals surface area contributed by atoms with Gasteiger partial charge >= 0.3 is 6.03 Å². The Balaban J connectivity index is 1.71. The minimum Gasteiger partial charge on any atom is -0.391 e. The molecule has 2 rings (SSSR count). The average Bonchev–Trinajstić information content (AvgIpc) is 2.88. The van der Waals surface area contributed by atoms with Gasteiger partial charge in [0, 0.05) is 30.2 Å². The number of para-hydroxylation sites is 1. The highest BCUT2D eigenvalue weighted by Crippen LogP contribution is 2.17. The van der Waals surface area contributed by atoms with Gasteiger partial charge in [-0.05, 0) is 30.4 Å². The fourth-order valence-electron chi connectivity index (χ4n) is 2.55. The maximum absolute atomic E-state index is 11.7. The molecule has 2 amide bonds. The summed E-state index contributed by atoms with van der Waals surface area (Å²) in [6.45, 7) is 4.94. The lowest BCUT2D eigenvalue weighted by molar-refractivity contribution is 0.147. The molecule has 0 bridgehead atoms. The van der Waals surface area contributed by atoms with Crippen LogP contribution in [-0.2, 0) is 6.42 Å². The monoisotopic (exact) mass is 303 g/mol. The van der Waals surface area contributed by atoms with Gasteiger partial charge < -0.3 is 20.7 Å². The number of amides is 2. The molecule has 0 fully saturated rings. The van der Waals surface area contributed by atoms with Crippen molar-refractivity contribution in [3.05, 3.63) is 36.0 Å². The van der Waals surface area contributed by atoms with Crippen molar-refractivity contribution in [1.82, 2.24) is 15.6 Å². The second kappa shape index (κ2) is 7.84. The van der Waals surface area contributed by atoms with E-state index in [1.54, 1.807) is 0 Å². The van der Waals surface area contributed by atoms with Crippen LogP contribution in [0.1, 0.15) is 25.8 Å². The van der Waals surface area contributed by atoms with E-state index in [1.807, 2.05) is 38.2 Å². The van der Waals surface area contributed by atoms with Crippen LogP contribution in [0.15, 0.2) is 30.5 Å². The SMILES string of the molecule is CC(C)CC(O)CNC(=O)NCCc1c[nH]c2ccccc12. The summed E-state index contributed by atoms with van der Waals surface area (Å²) >= 11 is 0. The average molecular weight is 303 g/mol. The van der Waals surface area contributed by atoms with E-state index in [0.717, 1.165) is 11.9 Å². The maximum atomic E-state index is 11.7. The van der Waals surface area contributed by atoms with Gasteiger partial charge in [0.15, 0.2) is 0 Å². The van der Waals surface area contributed by atoms with E-state index in [4.69, 9.17) is 0 Å². The lowest BCUT2D eigenvalue weighted by atomic mass is 10.1. The summed E-state index contributed by atoms with van der Waals surface area (Å²) in [6, 6.07) is 7.88. The van der Waals surface area contributed by atoms with E-state index in [0.29, 0.717) is 18.9 Å². The number of benzene rings is 1. The molecule has 0 aliphatic rings. The number of aromatic nitrogens is 1. The molecule has 22 heavy (non-hydrogen) atoms. The van der Waals surface area contributed by atoms with E-state index in [-0.39, 0.29) is 12.6 Å². The molecule has 120 valence electrons. The molecule has 0 aliphatic heterocycles. The lowest BCUT2D eigenvalue weighted by Gasteiger charge is -2.14. The van der Waals surface area contributed by atoms with Gasteiger partial charge in [-0.15, -0.1) is 0 Å². The Kier molecular flexibility index (Phi) is 5.83. The molecule has 0 saturated heterocycles. The van der Waals surface area contributed by atoms with Gasteiger partial charge in [-0.1, -0.05) is 32.0 Å². The number of rotatable bonds is 7. The van der Waals surface area contributed by atoms with Crippen molar-refractivity contribution in [2.24, 2.45) is 5.92 Å².